The summed E-state index contributed by atoms with van der Waals surface area (Å²) in [7, 11) is 0. The lowest BCUT2D eigenvalue weighted by Gasteiger charge is -2.07. The van der Waals surface area contributed by atoms with E-state index >= 15 is 0 Å². The number of cyclic esters (lactones) is 2. The van der Waals surface area contributed by atoms with Gasteiger partial charge >= 0.3 is 11.9 Å². The number of hydrogen-bond acceptors (Lipinski definition) is 5. The molecule has 0 unspecified atom stereocenters. The molecule has 0 saturated carbocycles. The highest BCUT2D eigenvalue weighted by Gasteiger charge is 2.30. The zero-order valence-corrected chi connectivity index (χ0v) is 14.3. The van der Waals surface area contributed by atoms with Gasteiger partial charge in [0.05, 0.1) is 11.1 Å². The van der Waals surface area contributed by atoms with Gasteiger partial charge in [0, 0.05) is 12.1 Å². The van der Waals surface area contributed by atoms with Gasteiger partial charge in [-0.3, -0.25) is 0 Å². The molecular formula is C20H10F4O5. The van der Waals surface area contributed by atoms with Crippen LogP contribution in [0.1, 0.15) is 20.7 Å². The Kier molecular flexibility index (Phi) is 5.49. The number of fused-ring (bicyclic) bond motifs is 1. The molecular weight excluding hydrogens is 396 g/mol. The predicted molar refractivity (Wildman–Crippen MR) is 90.6 cm³/mol. The summed E-state index contributed by atoms with van der Waals surface area (Å²) in [6, 6.07) is 9.43. The van der Waals surface area contributed by atoms with Crippen LogP contribution >= 0.6 is 0 Å². The number of carbonyl (C=O) groups excluding carboxylic acids is 2. The third-order valence-electron chi connectivity index (χ3n) is 3.65. The zero-order chi connectivity index (χ0) is 21.1. The van der Waals surface area contributed by atoms with Crippen LogP contribution in [0.2, 0.25) is 0 Å². The van der Waals surface area contributed by atoms with Crippen molar-refractivity contribution in [3.05, 3.63) is 89.0 Å². The normalized spacial score (nSPS) is 12.0. The first-order chi connectivity index (χ1) is 13.7. The SMILES string of the molecule is O=C1OC(=O)c2cc(Oc3ccc(F)cc3F)ccc21.Oc1ccc(F)cc1F. The van der Waals surface area contributed by atoms with Crippen molar-refractivity contribution in [2.24, 2.45) is 0 Å². The number of phenolic OH excluding ortho intramolecular Hbond substituents is 1. The van der Waals surface area contributed by atoms with E-state index in [-0.39, 0.29) is 22.6 Å². The monoisotopic (exact) mass is 406 g/mol. The van der Waals surface area contributed by atoms with Crippen LogP contribution in [0, 0.1) is 23.3 Å². The Morgan fingerprint density at radius 2 is 1.34 bits per heavy atom. The smallest absolute Gasteiger partial charge is 0.347 e. The van der Waals surface area contributed by atoms with E-state index in [1.165, 1.54) is 18.2 Å². The second kappa shape index (κ2) is 8.01. The van der Waals surface area contributed by atoms with Gasteiger partial charge < -0.3 is 14.6 Å². The molecule has 1 aliphatic rings. The Balaban J connectivity index is 0.000000224. The molecule has 0 bridgehead atoms. The molecule has 0 fully saturated rings. The summed E-state index contributed by atoms with van der Waals surface area (Å²) in [5, 5.41) is 8.50. The van der Waals surface area contributed by atoms with Crippen LogP contribution in [0.4, 0.5) is 17.6 Å². The molecule has 3 aromatic carbocycles. The van der Waals surface area contributed by atoms with Crippen molar-refractivity contribution in [2.75, 3.05) is 0 Å². The number of rotatable bonds is 2. The van der Waals surface area contributed by atoms with E-state index in [9.17, 15) is 27.2 Å². The van der Waals surface area contributed by atoms with Crippen molar-refractivity contribution >= 4 is 11.9 Å². The lowest BCUT2D eigenvalue weighted by molar-refractivity contribution is 0.0443. The topological polar surface area (TPSA) is 72.8 Å². The lowest BCUT2D eigenvalue weighted by atomic mass is 10.1. The largest absolute Gasteiger partial charge is 0.505 e. The van der Waals surface area contributed by atoms with E-state index in [0.717, 1.165) is 24.3 Å². The van der Waals surface area contributed by atoms with Crippen molar-refractivity contribution in [1.29, 1.82) is 0 Å². The summed E-state index contributed by atoms with van der Waals surface area (Å²) in [6.07, 6.45) is 0. The van der Waals surface area contributed by atoms with Gasteiger partial charge in [0.1, 0.15) is 17.4 Å². The molecule has 5 nitrogen and oxygen atoms in total. The molecule has 3 aromatic rings. The Bertz CT molecular complexity index is 1110. The molecule has 9 heteroatoms. The van der Waals surface area contributed by atoms with Gasteiger partial charge in [-0.1, -0.05) is 0 Å². The summed E-state index contributed by atoms with van der Waals surface area (Å²) in [4.78, 5) is 22.6. The second-order valence-electron chi connectivity index (χ2n) is 5.66. The number of esters is 2. The molecule has 1 N–H and O–H groups in total. The van der Waals surface area contributed by atoms with E-state index in [2.05, 4.69) is 4.74 Å². The van der Waals surface area contributed by atoms with Crippen molar-refractivity contribution in [2.45, 2.75) is 0 Å². The first-order valence-corrected chi connectivity index (χ1v) is 7.92. The maximum absolute atomic E-state index is 13.4. The highest BCUT2D eigenvalue weighted by atomic mass is 19.1. The van der Waals surface area contributed by atoms with E-state index in [1.54, 1.807) is 0 Å². The van der Waals surface area contributed by atoms with Crippen LogP contribution in [0.15, 0.2) is 54.6 Å². The minimum Gasteiger partial charge on any atom is -0.505 e. The van der Waals surface area contributed by atoms with E-state index in [1.807, 2.05) is 0 Å². The van der Waals surface area contributed by atoms with Crippen LogP contribution in [-0.2, 0) is 4.74 Å². The summed E-state index contributed by atoms with van der Waals surface area (Å²) < 4.78 is 59.9. The predicted octanol–water partition coefficient (Wildman–Crippen LogP) is 4.74. The molecule has 0 saturated heterocycles. The Morgan fingerprint density at radius 1 is 0.724 bits per heavy atom. The number of carbonyl (C=O) groups is 2. The van der Waals surface area contributed by atoms with Gasteiger partial charge in [-0.05, 0) is 42.5 Å². The van der Waals surface area contributed by atoms with Gasteiger partial charge in [-0.2, -0.15) is 0 Å². The number of halogens is 4. The number of benzene rings is 3. The summed E-state index contributed by atoms with van der Waals surface area (Å²) in [5.41, 5.74) is 0.178. The van der Waals surface area contributed by atoms with Crippen molar-refractivity contribution < 1.29 is 41.7 Å². The molecule has 0 atom stereocenters. The summed E-state index contributed by atoms with van der Waals surface area (Å²) >= 11 is 0. The third-order valence-corrected chi connectivity index (χ3v) is 3.65. The first kappa shape index (κ1) is 19.9. The van der Waals surface area contributed by atoms with Gasteiger partial charge in [-0.25, -0.2) is 27.2 Å². The molecule has 0 aromatic heterocycles. The van der Waals surface area contributed by atoms with Gasteiger partial charge in [-0.15, -0.1) is 0 Å². The Hall–Kier alpha value is -3.88. The number of ether oxygens (including phenoxy) is 2. The lowest BCUT2D eigenvalue weighted by Crippen LogP contribution is -1.96. The number of phenols is 1. The fourth-order valence-corrected chi connectivity index (χ4v) is 2.29. The molecule has 1 aliphatic heterocycles. The second-order valence-corrected chi connectivity index (χ2v) is 5.66. The van der Waals surface area contributed by atoms with Crippen LogP contribution in [0.25, 0.3) is 0 Å². The van der Waals surface area contributed by atoms with Crippen LogP contribution in [-0.4, -0.2) is 17.0 Å². The maximum atomic E-state index is 13.4. The summed E-state index contributed by atoms with van der Waals surface area (Å²) in [6.45, 7) is 0. The Morgan fingerprint density at radius 3 is 1.97 bits per heavy atom. The van der Waals surface area contributed by atoms with Crippen LogP contribution in [0.5, 0.6) is 17.2 Å². The molecule has 1 heterocycles. The number of aromatic hydroxyl groups is 1. The van der Waals surface area contributed by atoms with Gasteiger partial charge in [0.2, 0.25) is 0 Å². The first-order valence-electron chi connectivity index (χ1n) is 7.92. The molecule has 0 spiro atoms. The molecule has 0 aliphatic carbocycles. The quantitative estimate of drug-likeness (QED) is 0.378. The van der Waals surface area contributed by atoms with E-state index in [0.29, 0.717) is 12.1 Å². The highest BCUT2D eigenvalue weighted by molar-refractivity contribution is 6.14. The number of hydrogen-bond donors (Lipinski definition) is 1. The fraction of sp³-hybridized carbons (Fsp3) is 0. The molecule has 29 heavy (non-hydrogen) atoms. The molecule has 148 valence electrons. The third kappa shape index (κ3) is 4.52. The van der Waals surface area contributed by atoms with Crippen LogP contribution in [0.3, 0.4) is 0 Å². The highest BCUT2D eigenvalue weighted by Crippen LogP contribution is 2.29. The van der Waals surface area contributed by atoms with Crippen molar-refractivity contribution in [3.8, 4) is 17.2 Å². The van der Waals surface area contributed by atoms with Crippen molar-refractivity contribution in [1.82, 2.24) is 0 Å². The van der Waals surface area contributed by atoms with Crippen molar-refractivity contribution in [3.63, 3.8) is 0 Å². The minimum atomic E-state index is -0.935. The molecule has 4 rings (SSSR count). The van der Waals surface area contributed by atoms with E-state index in [4.69, 9.17) is 9.84 Å². The van der Waals surface area contributed by atoms with E-state index < -0.39 is 41.0 Å². The standard InChI is InChI=1S/C14H6F2O4.C6H4F2O/c15-7-1-4-12(11(16)5-7)19-8-2-3-9-10(6-8)14(18)20-13(9)17;7-4-1-2-6(9)5(8)3-4/h1-6H;1-3,9H. The molecule has 0 amide bonds. The van der Waals surface area contributed by atoms with Crippen LogP contribution < -0.4 is 4.74 Å². The Labute approximate surface area is 160 Å². The molecule has 0 radical (unpaired) electrons. The average molecular weight is 406 g/mol. The fourth-order valence-electron chi connectivity index (χ4n) is 2.29. The maximum Gasteiger partial charge on any atom is 0.347 e. The average Bonchev–Trinajstić information content (AvgIpc) is 2.95. The zero-order valence-electron chi connectivity index (χ0n) is 14.3. The van der Waals surface area contributed by atoms with Gasteiger partial charge in [0.25, 0.3) is 0 Å². The minimum absolute atomic E-state index is 0.0509. The summed E-state index contributed by atoms with van der Waals surface area (Å²) in [5.74, 6) is -5.32. The van der Waals surface area contributed by atoms with Gasteiger partial charge in [0.15, 0.2) is 23.1 Å².